The molecule has 2 atom stereocenters. The van der Waals surface area contributed by atoms with Crippen LogP contribution in [0.15, 0.2) is 24.3 Å². The highest BCUT2D eigenvalue weighted by atomic mass is 31.2. The van der Waals surface area contributed by atoms with Gasteiger partial charge >= 0.3 is 19.8 Å². The van der Waals surface area contributed by atoms with E-state index in [1.165, 1.54) is 141 Å². The second-order valence-electron chi connectivity index (χ2n) is 15.3. The van der Waals surface area contributed by atoms with Crippen LogP contribution in [0.5, 0.6) is 0 Å². The molecule has 0 rings (SSSR count). The molecule has 0 radical (unpaired) electrons. The third-order valence-electron chi connectivity index (χ3n) is 9.81. The van der Waals surface area contributed by atoms with Gasteiger partial charge in [-0.15, -0.1) is 0 Å². The van der Waals surface area contributed by atoms with E-state index < -0.39 is 26.5 Å². The van der Waals surface area contributed by atoms with Crippen molar-refractivity contribution >= 4 is 19.8 Å². The van der Waals surface area contributed by atoms with Crippen LogP contribution in [0.2, 0.25) is 0 Å². The second-order valence-corrected chi connectivity index (χ2v) is 16.7. The van der Waals surface area contributed by atoms with Gasteiger partial charge in [0.15, 0.2) is 6.10 Å². The van der Waals surface area contributed by atoms with Crippen molar-refractivity contribution in [3.05, 3.63) is 24.3 Å². The molecule has 55 heavy (non-hydrogen) atoms. The zero-order valence-corrected chi connectivity index (χ0v) is 36.6. The Morgan fingerprint density at radius 2 is 0.891 bits per heavy atom. The minimum Gasteiger partial charge on any atom is -0.462 e. The van der Waals surface area contributed by atoms with E-state index in [1.807, 2.05) is 0 Å². The maximum absolute atomic E-state index is 12.6. The Bertz CT molecular complexity index is 959. The predicted molar refractivity (Wildman–Crippen MR) is 229 cm³/mol. The van der Waals surface area contributed by atoms with Crippen molar-refractivity contribution in [2.24, 2.45) is 5.73 Å². The van der Waals surface area contributed by atoms with Crippen molar-refractivity contribution in [1.82, 2.24) is 0 Å². The Morgan fingerprint density at radius 3 is 1.31 bits per heavy atom. The topological polar surface area (TPSA) is 134 Å². The summed E-state index contributed by atoms with van der Waals surface area (Å²) in [4.78, 5) is 34.9. The Labute approximate surface area is 338 Å². The molecule has 0 fully saturated rings. The van der Waals surface area contributed by atoms with E-state index in [4.69, 9.17) is 24.3 Å². The molecule has 0 heterocycles. The number of carbonyl (C=O) groups is 2. The van der Waals surface area contributed by atoms with Gasteiger partial charge in [0.1, 0.15) is 6.61 Å². The molecular formula is C45H86NO8P. The Hall–Kier alpha value is -1.51. The molecule has 0 amide bonds. The van der Waals surface area contributed by atoms with E-state index in [2.05, 4.69) is 38.2 Å². The van der Waals surface area contributed by atoms with Gasteiger partial charge in [0.2, 0.25) is 0 Å². The molecule has 9 nitrogen and oxygen atoms in total. The minimum atomic E-state index is -4.38. The summed E-state index contributed by atoms with van der Waals surface area (Å²) in [5, 5.41) is 0. The summed E-state index contributed by atoms with van der Waals surface area (Å²) >= 11 is 0. The van der Waals surface area contributed by atoms with Crippen LogP contribution in [-0.2, 0) is 32.7 Å². The van der Waals surface area contributed by atoms with E-state index >= 15 is 0 Å². The highest BCUT2D eigenvalue weighted by Crippen LogP contribution is 2.43. The lowest BCUT2D eigenvalue weighted by molar-refractivity contribution is -0.161. The Kier molecular flexibility index (Phi) is 40.9. The fourth-order valence-corrected chi connectivity index (χ4v) is 7.15. The zero-order valence-electron chi connectivity index (χ0n) is 35.7. The maximum atomic E-state index is 12.6. The number of ether oxygens (including phenoxy) is 2. The molecular weight excluding hydrogens is 713 g/mol. The molecule has 0 aliphatic rings. The van der Waals surface area contributed by atoms with Crippen molar-refractivity contribution in [2.45, 2.75) is 225 Å². The number of phosphoric ester groups is 1. The minimum absolute atomic E-state index is 0.0536. The van der Waals surface area contributed by atoms with Crippen LogP contribution in [0.4, 0.5) is 0 Å². The number of hydrogen-bond acceptors (Lipinski definition) is 8. The average Bonchev–Trinajstić information content (AvgIpc) is 3.17. The number of allylic oxidation sites excluding steroid dienone is 4. The summed E-state index contributed by atoms with van der Waals surface area (Å²) in [6.07, 6.45) is 44.9. The first-order valence-electron chi connectivity index (χ1n) is 22.8. The summed E-state index contributed by atoms with van der Waals surface area (Å²) in [7, 11) is -4.38. The van der Waals surface area contributed by atoms with Gasteiger partial charge in [0, 0.05) is 19.4 Å². The Balaban J connectivity index is 4.11. The number of carbonyl (C=O) groups excluding carboxylic acids is 2. The number of hydrogen-bond donors (Lipinski definition) is 2. The van der Waals surface area contributed by atoms with E-state index in [0.717, 1.165) is 44.9 Å². The molecule has 10 heteroatoms. The quantitative estimate of drug-likeness (QED) is 0.0267. The van der Waals surface area contributed by atoms with Crippen molar-refractivity contribution in [3.8, 4) is 0 Å². The van der Waals surface area contributed by atoms with E-state index in [-0.39, 0.29) is 38.6 Å². The number of rotatable bonds is 43. The van der Waals surface area contributed by atoms with Crippen molar-refractivity contribution < 1.29 is 37.6 Å². The average molecular weight is 800 g/mol. The van der Waals surface area contributed by atoms with Gasteiger partial charge in [-0.3, -0.25) is 18.6 Å². The van der Waals surface area contributed by atoms with E-state index in [0.29, 0.717) is 6.42 Å². The van der Waals surface area contributed by atoms with Crippen LogP contribution in [0, 0.1) is 0 Å². The summed E-state index contributed by atoms with van der Waals surface area (Å²) in [6, 6.07) is 0. The highest BCUT2D eigenvalue weighted by Gasteiger charge is 2.26. The third-order valence-corrected chi connectivity index (χ3v) is 10.8. The number of esters is 2. The van der Waals surface area contributed by atoms with Crippen LogP contribution in [0.3, 0.4) is 0 Å². The van der Waals surface area contributed by atoms with Crippen molar-refractivity contribution in [1.29, 1.82) is 0 Å². The maximum Gasteiger partial charge on any atom is 0.472 e. The second kappa shape index (κ2) is 42.1. The molecule has 0 saturated carbocycles. The fourth-order valence-electron chi connectivity index (χ4n) is 6.39. The lowest BCUT2D eigenvalue weighted by atomic mass is 10.1. The normalized spacial score (nSPS) is 13.5. The molecule has 0 aromatic heterocycles. The molecule has 0 bridgehead atoms. The molecule has 0 spiro atoms. The fraction of sp³-hybridized carbons (Fsp3) is 0.867. The van der Waals surface area contributed by atoms with Crippen molar-refractivity contribution in [3.63, 3.8) is 0 Å². The summed E-state index contributed by atoms with van der Waals surface area (Å²) in [5.41, 5.74) is 5.35. The molecule has 0 aromatic carbocycles. The third kappa shape index (κ3) is 41.9. The highest BCUT2D eigenvalue weighted by molar-refractivity contribution is 7.47. The van der Waals surface area contributed by atoms with Crippen LogP contribution in [-0.4, -0.2) is 49.3 Å². The van der Waals surface area contributed by atoms with E-state index in [9.17, 15) is 19.0 Å². The summed E-state index contributed by atoms with van der Waals surface area (Å²) in [5.74, 6) is -0.829. The van der Waals surface area contributed by atoms with Gasteiger partial charge in [-0.25, -0.2) is 4.57 Å². The van der Waals surface area contributed by atoms with Crippen LogP contribution in [0.1, 0.15) is 219 Å². The standard InChI is InChI=1S/C45H86NO8P/c1-3-5-7-9-11-13-15-17-19-21-23-25-27-29-31-33-35-37-44(47)51-41-43(42-53-55(49,50)52-40-39-46)54-45(48)38-36-34-32-30-28-26-24-22-20-18-16-14-12-10-8-6-4-2/h13,15,18,20,43H,3-12,14,16-17,19,21-42,46H2,1-2H3,(H,49,50)/b15-13+,20-18+/t43-/m1/s1. The largest absolute Gasteiger partial charge is 0.472 e. The first kappa shape index (κ1) is 53.5. The lowest BCUT2D eigenvalue weighted by Crippen LogP contribution is -2.29. The van der Waals surface area contributed by atoms with Gasteiger partial charge in [-0.05, 0) is 64.2 Å². The molecule has 324 valence electrons. The van der Waals surface area contributed by atoms with Gasteiger partial charge < -0.3 is 20.1 Å². The van der Waals surface area contributed by atoms with Gasteiger partial charge in [0.05, 0.1) is 13.2 Å². The van der Waals surface area contributed by atoms with Gasteiger partial charge in [-0.2, -0.15) is 0 Å². The lowest BCUT2D eigenvalue weighted by Gasteiger charge is -2.19. The number of phosphoric acid groups is 1. The zero-order chi connectivity index (χ0) is 40.3. The summed E-state index contributed by atoms with van der Waals surface area (Å²) in [6.45, 7) is 3.73. The smallest absolute Gasteiger partial charge is 0.462 e. The summed E-state index contributed by atoms with van der Waals surface area (Å²) < 4.78 is 32.8. The predicted octanol–water partition coefficient (Wildman–Crippen LogP) is 13.2. The molecule has 3 N–H and O–H groups in total. The molecule has 0 aliphatic carbocycles. The molecule has 0 saturated heterocycles. The first-order chi connectivity index (χ1) is 26.8. The number of nitrogens with two attached hydrogens (primary N) is 1. The van der Waals surface area contributed by atoms with Crippen LogP contribution < -0.4 is 5.73 Å². The van der Waals surface area contributed by atoms with Gasteiger partial charge in [-0.1, -0.05) is 167 Å². The molecule has 0 aliphatic heterocycles. The van der Waals surface area contributed by atoms with E-state index in [1.54, 1.807) is 0 Å². The molecule has 1 unspecified atom stereocenters. The Morgan fingerprint density at radius 1 is 0.527 bits per heavy atom. The monoisotopic (exact) mass is 800 g/mol. The van der Waals surface area contributed by atoms with Gasteiger partial charge in [0.25, 0.3) is 0 Å². The van der Waals surface area contributed by atoms with Crippen molar-refractivity contribution in [2.75, 3.05) is 26.4 Å². The first-order valence-corrected chi connectivity index (χ1v) is 24.3. The van der Waals surface area contributed by atoms with Crippen LogP contribution >= 0.6 is 7.82 Å². The van der Waals surface area contributed by atoms with Crippen LogP contribution in [0.25, 0.3) is 0 Å². The number of unbranched alkanes of at least 4 members (excludes halogenated alkanes) is 26. The molecule has 0 aromatic rings. The SMILES string of the molecule is CCCCCC/C=C/CCCCCCCCCCCC(=O)OC[C@H](COP(=O)(O)OCCN)OC(=O)CCCCCCCCC/C=C/CCCCCCCC.